The van der Waals surface area contributed by atoms with E-state index in [9.17, 15) is 13.2 Å². The number of rotatable bonds is 5. The SMILES string of the molecule is CCNC(=NCc1ccccc1OC(F)(F)F)NC1CC=CC1.I. The number of benzene rings is 1. The Morgan fingerprint density at radius 2 is 1.92 bits per heavy atom. The van der Waals surface area contributed by atoms with Crippen LogP contribution < -0.4 is 15.4 Å². The van der Waals surface area contributed by atoms with Gasteiger partial charge in [-0.3, -0.25) is 0 Å². The molecule has 0 amide bonds. The van der Waals surface area contributed by atoms with Crippen molar-refractivity contribution in [2.24, 2.45) is 4.99 Å². The molecule has 0 aliphatic heterocycles. The van der Waals surface area contributed by atoms with Crippen molar-refractivity contribution in [3.63, 3.8) is 0 Å². The summed E-state index contributed by atoms with van der Waals surface area (Å²) in [5.41, 5.74) is 0.381. The monoisotopic (exact) mass is 455 g/mol. The average molecular weight is 455 g/mol. The average Bonchev–Trinajstić information content (AvgIpc) is 2.98. The molecule has 134 valence electrons. The lowest BCUT2D eigenvalue weighted by Gasteiger charge is -2.17. The van der Waals surface area contributed by atoms with Gasteiger partial charge in [-0.1, -0.05) is 30.4 Å². The molecule has 0 saturated carbocycles. The number of nitrogens with one attached hydrogen (secondary N) is 2. The van der Waals surface area contributed by atoms with Gasteiger partial charge in [0, 0.05) is 18.2 Å². The van der Waals surface area contributed by atoms with E-state index in [0.717, 1.165) is 12.8 Å². The Balaban J connectivity index is 0.00000288. The topological polar surface area (TPSA) is 45.7 Å². The molecule has 2 rings (SSSR count). The number of aliphatic imine (C=N–C) groups is 1. The van der Waals surface area contributed by atoms with Gasteiger partial charge < -0.3 is 15.4 Å². The van der Waals surface area contributed by atoms with E-state index in [-0.39, 0.29) is 42.3 Å². The Labute approximate surface area is 156 Å². The fraction of sp³-hybridized carbons (Fsp3) is 0.438. The summed E-state index contributed by atoms with van der Waals surface area (Å²) in [5.74, 6) is 0.366. The Kier molecular flexibility index (Phi) is 8.37. The van der Waals surface area contributed by atoms with E-state index in [1.807, 2.05) is 6.92 Å². The first-order valence-corrected chi connectivity index (χ1v) is 7.51. The number of nitrogens with zero attached hydrogens (tertiary/aromatic N) is 1. The lowest BCUT2D eigenvalue weighted by Crippen LogP contribution is -2.42. The molecular weight excluding hydrogens is 434 g/mol. The number of halogens is 4. The van der Waals surface area contributed by atoms with Crippen LogP contribution in [-0.2, 0) is 6.54 Å². The van der Waals surface area contributed by atoms with Gasteiger partial charge in [0.1, 0.15) is 5.75 Å². The summed E-state index contributed by atoms with van der Waals surface area (Å²) in [5, 5.41) is 6.36. The van der Waals surface area contributed by atoms with Crippen LogP contribution >= 0.6 is 24.0 Å². The molecule has 0 bridgehead atoms. The highest BCUT2D eigenvalue weighted by Gasteiger charge is 2.31. The first-order chi connectivity index (χ1) is 11.0. The zero-order valence-electron chi connectivity index (χ0n) is 13.3. The maximum Gasteiger partial charge on any atom is 0.573 e. The molecule has 0 saturated heterocycles. The second-order valence-corrected chi connectivity index (χ2v) is 5.13. The van der Waals surface area contributed by atoms with Gasteiger partial charge >= 0.3 is 6.36 Å². The first kappa shape index (κ1) is 20.6. The summed E-state index contributed by atoms with van der Waals surface area (Å²) >= 11 is 0. The Bertz CT molecular complexity index is 568. The van der Waals surface area contributed by atoms with Crippen LogP contribution in [-0.4, -0.2) is 24.9 Å². The fourth-order valence-electron chi connectivity index (χ4n) is 2.27. The van der Waals surface area contributed by atoms with Crippen LogP contribution in [0.1, 0.15) is 25.3 Å². The van der Waals surface area contributed by atoms with E-state index in [0.29, 0.717) is 18.1 Å². The van der Waals surface area contributed by atoms with Gasteiger partial charge in [0.15, 0.2) is 5.96 Å². The predicted molar refractivity (Wildman–Crippen MR) is 98.7 cm³/mol. The van der Waals surface area contributed by atoms with Crippen LogP contribution in [0.3, 0.4) is 0 Å². The van der Waals surface area contributed by atoms with Crippen molar-refractivity contribution in [3.05, 3.63) is 42.0 Å². The summed E-state index contributed by atoms with van der Waals surface area (Å²) in [4.78, 5) is 4.36. The largest absolute Gasteiger partial charge is 0.573 e. The van der Waals surface area contributed by atoms with Crippen molar-refractivity contribution in [3.8, 4) is 5.75 Å². The molecule has 1 aliphatic carbocycles. The molecule has 24 heavy (non-hydrogen) atoms. The molecule has 0 atom stereocenters. The minimum Gasteiger partial charge on any atom is -0.405 e. The zero-order chi connectivity index (χ0) is 16.7. The molecule has 8 heteroatoms. The zero-order valence-corrected chi connectivity index (χ0v) is 15.6. The van der Waals surface area contributed by atoms with Crippen LogP contribution in [0, 0.1) is 0 Å². The highest BCUT2D eigenvalue weighted by Crippen LogP contribution is 2.26. The molecule has 4 nitrogen and oxygen atoms in total. The molecule has 1 aromatic carbocycles. The van der Waals surface area contributed by atoms with Crippen LogP contribution in [0.5, 0.6) is 5.75 Å². The first-order valence-electron chi connectivity index (χ1n) is 7.51. The summed E-state index contributed by atoms with van der Waals surface area (Å²) < 4.78 is 41.3. The van der Waals surface area contributed by atoms with Gasteiger partial charge in [0.25, 0.3) is 0 Å². The highest BCUT2D eigenvalue weighted by atomic mass is 127. The minimum absolute atomic E-state index is 0. The van der Waals surface area contributed by atoms with Crippen molar-refractivity contribution in [2.45, 2.75) is 38.7 Å². The van der Waals surface area contributed by atoms with Gasteiger partial charge in [-0.2, -0.15) is 0 Å². The molecule has 0 radical (unpaired) electrons. The molecule has 0 heterocycles. The third kappa shape index (κ3) is 6.98. The van der Waals surface area contributed by atoms with Gasteiger partial charge in [0.2, 0.25) is 0 Å². The van der Waals surface area contributed by atoms with Gasteiger partial charge in [-0.15, -0.1) is 37.1 Å². The quantitative estimate of drug-likeness (QED) is 0.306. The van der Waals surface area contributed by atoms with E-state index in [1.165, 1.54) is 12.1 Å². The molecular formula is C16H21F3IN3O. The second-order valence-electron chi connectivity index (χ2n) is 5.13. The number of alkyl halides is 3. The highest BCUT2D eigenvalue weighted by molar-refractivity contribution is 14.0. The van der Waals surface area contributed by atoms with Crippen LogP contribution in [0.25, 0.3) is 0 Å². The molecule has 1 aromatic rings. The van der Waals surface area contributed by atoms with Crippen molar-refractivity contribution in [2.75, 3.05) is 6.54 Å². The summed E-state index contributed by atoms with van der Waals surface area (Å²) in [6.07, 6.45) is 1.30. The van der Waals surface area contributed by atoms with Gasteiger partial charge in [-0.05, 0) is 25.8 Å². The number of hydrogen-bond acceptors (Lipinski definition) is 2. The van der Waals surface area contributed by atoms with Crippen LogP contribution in [0.15, 0.2) is 41.4 Å². The third-order valence-electron chi connectivity index (χ3n) is 3.30. The molecule has 0 fully saturated rings. The van der Waals surface area contributed by atoms with Gasteiger partial charge in [0.05, 0.1) is 6.54 Å². The standard InChI is InChI=1S/C16H20F3N3O.HI/c1-2-20-15(22-13-8-4-5-9-13)21-11-12-7-3-6-10-14(12)23-16(17,18)19;/h3-7,10,13H,2,8-9,11H2,1H3,(H2,20,21,22);1H. The van der Waals surface area contributed by atoms with Crippen LogP contribution in [0.4, 0.5) is 13.2 Å². The lowest BCUT2D eigenvalue weighted by atomic mass is 10.2. The fourth-order valence-corrected chi connectivity index (χ4v) is 2.27. The summed E-state index contributed by atoms with van der Waals surface area (Å²) in [7, 11) is 0. The van der Waals surface area contributed by atoms with E-state index >= 15 is 0 Å². The normalized spacial score (nSPS) is 15.1. The van der Waals surface area contributed by atoms with E-state index in [1.54, 1.807) is 12.1 Å². The van der Waals surface area contributed by atoms with Crippen molar-refractivity contribution < 1.29 is 17.9 Å². The molecule has 1 aliphatic rings. The van der Waals surface area contributed by atoms with Gasteiger partial charge in [-0.25, -0.2) is 4.99 Å². The Morgan fingerprint density at radius 1 is 1.25 bits per heavy atom. The van der Waals surface area contributed by atoms with E-state index < -0.39 is 6.36 Å². The molecule has 0 unspecified atom stereocenters. The second kappa shape index (κ2) is 9.75. The summed E-state index contributed by atoms with van der Waals surface area (Å²) in [6, 6.07) is 6.30. The van der Waals surface area contributed by atoms with Crippen molar-refractivity contribution >= 4 is 29.9 Å². The maximum atomic E-state index is 12.4. The molecule has 0 spiro atoms. The van der Waals surface area contributed by atoms with Crippen molar-refractivity contribution in [1.29, 1.82) is 0 Å². The van der Waals surface area contributed by atoms with Crippen LogP contribution in [0.2, 0.25) is 0 Å². The summed E-state index contributed by atoms with van der Waals surface area (Å²) in [6.45, 7) is 2.71. The van der Waals surface area contributed by atoms with E-state index in [2.05, 4.69) is 32.5 Å². The number of ether oxygens (including phenoxy) is 1. The minimum atomic E-state index is -4.71. The molecule has 0 aromatic heterocycles. The number of guanidine groups is 1. The van der Waals surface area contributed by atoms with E-state index in [4.69, 9.17) is 0 Å². The maximum absolute atomic E-state index is 12.4. The Hall–Kier alpha value is -1.45. The number of para-hydroxylation sites is 1. The lowest BCUT2D eigenvalue weighted by molar-refractivity contribution is -0.274. The third-order valence-corrected chi connectivity index (χ3v) is 3.30. The predicted octanol–water partition coefficient (Wildman–Crippen LogP) is 3.98. The Morgan fingerprint density at radius 3 is 2.54 bits per heavy atom. The number of hydrogen-bond donors (Lipinski definition) is 2. The van der Waals surface area contributed by atoms with Crippen molar-refractivity contribution in [1.82, 2.24) is 10.6 Å². The smallest absolute Gasteiger partial charge is 0.405 e. The molecule has 2 N–H and O–H groups in total.